The fourth-order valence-electron chi connectivity index (χ4n) is 4.56. The van der Waals surface area contributed by atoms with Gasteiger partial charge < -0.3 is 19.6 Å². The molecule has 0 saturated heterocycles. The first-order valence-electron chi connectivity index (χ1n) is 11.0. The molecular formula is C24H36N2O4. The number of carbonyl (C=O) groups is 2. The topological polar surface area (TPSA) is 70.1 Å². The highest BCUT2D eigenvalue weighted by Gasteiger charge is 2.50. The van der Waals surface area contributed by atoms with Crippen LogP contribution in [0.1, 0.15) is 64.4 Å². The molecule has 2 saturated carbocycles. The zero-order valence-electron chi connectivity index (χ0n) is 18.8. The van der Waals surface area contributed by atoms with E-state index in [4.69, 9.17) is 9.84 Å². The minimum absolute atomic E-state index is 0.0218. The minimum atomic E-state index is -0.774. The molecule has 3 rings (SSSR count). The predicted molar refractivity (Wildman–Crippen MR) is 117 cm³/mol. The molecule has 2 aliphatic rings. The molecule has 0 bridgehead atoms. The van der Waals surface area contributed by atoms with Gasteiger partial charge >= 0.3 is 12.1 Å². The summed E-state index contributed by atoms with van der Waals surface area (Å²) < 4.78 is 5.78. The van der Waals surface area contributed by atoms with Gasteiger partial charge in [-0.05, 0) is 52.6 Å². The molecule has 1 aromatic carbocycles. The van der Waals surface area contributed by atoms with E-state index in [-0.39, 0.29) is 24.0 Å². The van der Waals surface area contributed by atoms with Crippen molar-refractivity contribution in [3.63, 3.8) is 0 Å². The van der Waals surface area contributed by atoms with E-state index in [2.05, 4.69) is 17.0 Å². The summed E-state index contributed by atoms with van der Waals surface area (Å²) >= 11 is 0. The summed E-state index contributed by atoms with van der Waals surface area (Å²) in [5.41, 5.74) is 0.767. The molecule has 0 heterocycles. The van der Waals surface area contributed by atoms with Crippen molar-refractivity contribution >= 4 is 12.1 Å². The normalized spacial score (nSPS) is 22.3. The summed E-state index contributed by atoms with van der Waals surface area (Å²) in [6.45, 7) is 7.73. The number of rotatable bonds is 9. The zero-order chi connectivity index (χ0) is 21.9. The van der Waals surface area contributed by atoms with E-state index in [1.807, 2.05) is 50.9 Å². The Morgan fingerprint density at radius 3 is 2.37 bits per heavy atom. The molecule has 1 N–H and O–H groups in total. The maximum atomic E-state index is 13.1. The minimum Gasteiger partial charge on any atom is -0.481 e. The van der Waals surface area contributed by atoms with E-state index >= 15 is 0 Å². The standard InChI is InChI=1S/C24H36N2O4/c1-23(2,3)30-22(29)26(20-15-19(20)18-9-6-5-7-10-18)17-24(12-8-13-24)16-25(4)14-11-21(27)28/h5-7,9-10,19-20H,8,11-17H2,1-4H3,(H,27,28)/t19-,20?/m1/s1. The Labute approximate surface area is 180 Å². The Hall–Kier alpha value is -2.08. The van der Waals surface area contributed by atoms with Crippen molar-refractivity contribution in [3.8, 4) is 0 Å². The number of benzene rings is 1. The molecule has 0 radical (unpaired) electrons. The van der Waals surface area contributed by atoms with Crippen LogP contribution in [0, 0.1) is 5.41 Å². The maximum absolute atomic E-state index is 13.1. The van der Waals surface area contributed by atoms with Crippen molar-refractivity contribution in [2.75, 3.05) is 26.7 Å². The van der Waals surface area contributed by atoms with Gasteiger partial charge in [0.1, 0.15) is 5.60 Å². The van der Waals surface area contributed by atoms with Crippen LogP contribution in [0.4, 0.5) is 4.79 Å². The first-order chi connectivity index (χ1) is 14.1. The summed E-state index contributed by atoms with van der Waals surface area (Å²) in [6.07, 6.45) is 4.15. The first kappa shape index (κ1) is 22.6. The third-order valence-corrected chi connectivity index (χ3v) is 6.25. The van der Waals surface area contributed by atoms with Crippen molar-refractivity contribution < 1.29 is 19.4 Å². The third kappa shape index (κ3) is 5.97. The molecule has 2 aliphatic carbocycles. The molecule has 166 valence electrons. The Morgan fingerprint density at radius 1 is 1.17 bits per heavy atom. The van der Waals surface area contributed by atoms with Crippen molar-refractivity contribution in [3.05, 3.63) is 35.9 Å². The lowest BCUT2D eigenvalue weighted by Crippen LogP contribution is -2.52. The number of aliphatic carboxylic acids is 1. The maximum Gasteiger partial charge on any atom is 0.410 e. The zero-order valence-corrected chi connectivity index (χ0v) is 18.8. The van der Waals surface area contributed by atoms with Gasteiger partial charge in [0.15, 0.2) is 0 Å². The molecule has 0 aromatic heterocycles. The van der Waals surface area contributed by atoms with Gasteiger partial charge in [-0.25, -0.2) is 4.79 Å². The smallest absolute Gasteiger partial charge is 0.410 e. The van der Waals surface area contributed by atoms with E-state index in [0.29, 0.717) is 19.0 Å². The molecule has 2 fully saturated rings. The van der Waals surface area contributed by atoms with E-state index in [1.165, 1.54) is 5.56 Å². The van der Waals surface area contributed by atoms with E-state index < -0.39 is 11.6 Å². The van der Waals surface area contributed by atoms with Crippen molar-refractivity contribution in [1.29, 1.82) is 0 Å². The van der Waals surface area contributed by atoms with Crippen molar-refractivity contribution in [1.82, 2.24) is 9.80 Å². The molecule has 1 unspecified atom stereocenters. The molecule has 1 aromatic rings. The van der Waals surface area contributed by atoms with Crippen LogP contribution < -0.4 is 0 Å². The Balaban J connectivity index is 1.71. The van der Waals surface area contributed by atoms with Crippen LogP contribution in [-0.4, -0.2) is 65.3 Å². The van der Waals surface area contributed by atoms with E-state index in [0.717, 1.165) is 32.2 Å². The van der Waals surface area contributed by atoms with Crippen LogP contribution >= 0.6 is 0 Å². The summed E-state index contributed by atoms with van der Waals surface area (Å²) in [4.78, 5) is 28.1. The van der Waals surface area contributed by atoms with Gasteiger partial charge in [0.25, 0.3) is 0 Å². The van der Waals surface area contributed by atoms with Gasteiger partial charge in [0, 0.05) is 37.0 Å². The summed E-state index contributed by atoms with van der Waals surface area (Å²) in [7, 11) is 1.98. The fourth-order valence-corrected chi connectivity index (χ4v) is 4.56. The quantitative estimate of drug-likeness (QED) is 0.648. The average Bonchev–Trinajstić information content (AvgIpc) is 3.41. The third-order valence-electron chi connectivity index (χ3n) is 6.25. The number of ether oxygens (including phenoxy) is 1. The molecule has 6 heteroatoms. The highest BCUT2D eigenvalue weighted by molar-refractivity contribution is 5.69. The van der Waals surface area contributed by atoms with Crippen LogP contribution in [0.3, 0.4) is 0 Å². The SMILES string of the molecule is CN(CCC(=O)O)CC1(CN(C(=O)OC(C)(C)C)C2C[C@@H]2c2ccccc2)CCC1. The summed E-state index contributed by atoms with van der Waals surface area (Å²) in [5.74, 6) is -0.413. The molecule has 2 atom stereocenters. The lowest BCUT2D eigenvalue weighted by Gasteiger charge is -2.47. The number of hydrogen-bond donors (Lipinski definition) is 1. The van der Waals surface area contributed by atoms with Crippen LogP contribution in [-0.2, 0) is 9.53 Å². The monoisotopic (exact) mass is 416 g/mol. The average molecular weight is 417 g/mol. The second-order valence-electron chi connectivity index (χ2n) is 10.2. The second kappa shape index (κ2) is 8.96. The first-order valence-corrected chi connectivity index (χ1v) is 11.0. The molecule has 0 spiro atoms. The molecule has 0 aliphatic heterocycles. The van der Waals surface area contributed by atoms with Gasteiger partial charge in [0.2, 0.25) is 0 Å². The molecule has 30 heavy (non-hydrogen) atoms. The number of amides is 1. The van der Waals surface area contributed by atoms with Gasteiger partial charge in [-0.15, -0.1) is 0 Å². The van der Waals surface area contributed by atoms with Gasteiger partial charge in [-0.1, -0.05) is 36.8 Å². The van der Waals surface area contributed by atoms with E-state index in [9.17, 15) is 9.59 Å². The summed E-state index contributed by atoms with van der Waals surface area (Å²) in [5, 5.41) is 8.98. The lowest BCUT2D eigenvalue weighted by molar-refractivity contribution is -0.137. The summed E-state index contributed by atoms with van der Waals surface area (Å²) in [6, 6.07) is 10.6. The van der Waals surface area contributed by atoms with Crippen LogP contribution in [0.15, 0.2) is 30.3 Å². The number of carboxylic acids is 1. The highest BCUT2D eigenvalue weighted by atomic mass is 16.6. The lowest BCUT2D eigenvalue weighted by atomic mass is 9.68. The van der Waals surface area contributed by atoms with Crippen LogP contribution in [0.5, 0.6) is 0 Å². The molecule has 1 amide bonds. The van der Waals surface area contributed by atoms with Crippen LogP contribution in [0.2, 0.25) is 0 Å². The van der Waals surface area contributed by atoms with Gasteiger partial charge in [-0.3, -0.25) is 4.79 Å². The predicted octanol–water partition coefficient (Wildman–Crippen LogP) is 4.36. The van der Waals surface area contributed by atoms with Crippen LogP contribution in [0.25, 0.3) is 0 Å². The number of nitrogens with zero attached hydrogens (tertiary/aromatic N) is 2. The molecular weight excluding hydrogens is 380 g/mol. The fraction of sp³-hybridized carbons (Fsp3) is 0.667. The highest BCUT2D eigenvalue weighted by Crippen LogP contribution is 2.49. The van der Waals surface area contributed by atoms with Gasteiger partial charge in [-0.2, -0.15) is 0 Å². The Kier molecular flexibility index (Phi) is 6.75. The second-order valence-corrected chi connectivity index (χ2v) is 10.2. The Morgan fingerprint density at radius 2 is 1.83 bits per heavy atom. The number of hydrogen-bond acceptors (Lipinski definition) is 4. The van der Waals surface area contributed by atoms with Crippen molar-refractivity contribution in [2.45, 2.75) is 70.4 Å². The van der Waals surface area contributed by atoms with E-state index in [1.54, 1.807) is 0 Å². The Bertz CT molecular complexity index is 739. The van der Waals surface area contributed by atoms with Crippen molar-refractivity contribution in [2.24, 2.45) is 5.41 Å². The molecule has 6 nitrogen and oxygen atoms in total. The number of carbonyl (C=O) groups excluding carboxylic acids is 1. The van der Waals surface area contributed by atoms with Gasteiger partial charge in [0.05, 0.1) is 6.42 Å². The number of carboxylic acid groups (broad SMARTS) is 1. The largest absolute Gasteiger partial charge is 0.481 e.